The number of aryl methyl sites for hydroxylation is 5. The van der Waals surface area contributed by atoms with Crippen molar-refractivity contribution < 1.29 is 57.8 Å². The van der Waals surface area contributed by atoms with Gasteiger partial charge in [-0.15, -0.1) is 0 Å². The number of amides is 2. The Morgan fingerprint density at radius 1 is 0.712 bits per heavy atom. The number of nitrogens with zero attached hydrogens (tertiary/aromatic N) is 4. The van der Waals surface area contributed by atoms with Gasteiger partial charge in [-0.25, -0.2) is 4.57 Å². The van der Waals surface area contributed by atoms with Crippen LogP contribution in [0.5, 0.6) is 5.75 Å². The molecule has 1 saturated heterocycles. The monoisotopic (exact) mass is 848 g/mol. The van der Waals surface area contributed by atoms with Gasteiger partial charge < -0.3 is 35.4 Å². The molecule has 3 rings (SSSR count). The number of phosphoric ester groups is 1. The molecular formula is C40H61N6O12P. The Morgan fingerprint density at radius 3 is 1.68 bits per heavy atom. The van der Waals surface area contributed by atoms with E-state index in [1.807, 2.05) is 50.5 Å². The van der Waals surface area contributed by atoms with E-state index in [4.69, 9.17) is 19.3 Å². The average Bonchev–Trinajstić information content (AvgIpc) is 3.13. The summed E-state index contributed by atoms with van der Waals surface area (Å²) in [6.07, 6.45) is 0.0810. The molecule has 0 bridgehead atoms. The SMILES string of the molecule is CCN1CCN(CC(=O)NCC(=O)O)CCN([C@H](CCCOP(=O)(O)Oc2cc(C)c(-c3c(C)cc(C)cc3C)cc2C)C(=O)O)CCN(CC(=O)NCC(=O)O)CC1. The van der Waals surface area contributed by atoms with Crippen LogP contribution in [0.25, 0.3) is 11.1 Å². The number of rotatable bonds is 19. The Balaban J connectivity index is 1.75. The summed E-state index contributed by atoms with van der Waals surface area (Å²) < 4.78 is 24.0. The highest BCUT2D eigenvalue weighted by Crippen LogP contribution is 2.46. The summed E-state index contributed by atoms with van der Waals surface area (Å²) in [5.41, 5.74) is 6.92. The van der Waals surface area contributed by atoms with Gasteiger partial charge in [-0.05, 0) is 99.5 Å². The van der Waals surface area contributed by atoms with E-state index in [2.05, 4.69) is 27.7 Å². The van der Waals surface area contributed by atoms with Crippen LogP contribution in [0.1, 0.15) is 47.6 Å². The van der Waals surface area contributed by atoms with E-state index in [1.165, 1.54) is 0 Å². The fourth-order valence-corrected chi connectivity index (χ4v) is 8.05. The molecule has 2 aromatic carbocycles. The number of carbonyl (C=O) groups is 5. The topological polar surface area (TPSA) is 239 Å². The molecule has 1 heterocycles. The number of carboxylic acid groups (broad SMARTS) is 3. The Morgan fingerprint density at radius 2 is 1.20 bits per heavy atom. The zero-order valence-corrected chi connectivity index (χ0v) is 35.9. The maximum Gasteiger partial charge on any atom is 0.527 e. The highest BCUT2D eigenvalue weighted by molar-refractivity contribution is 7.47. The van der Waals surface area contributed by atoms with Gasteiger partial charge in [0.25, 0.3) is 0 Å². The molecule has 1 aliphatic heterocycles. The molecule has 0 spiro atoms. The predicted molar refractivity (Wildman–Crippen MR) is 220 cm³/mol. The molecule has 2 aromatic rings. The van der Waals surface area contributed by atoms with Crippen molar-refractivity contribution in [2.75, 3.05) is 91.7 Å². The van der Waals surface area contributed by atoms with E-state index in [0.29, 0.717) is 38.3 Å². The number of benzene rings is 2. The number of likely N-dealkylation sites (N-methyl/N-ethyl adjacent to an activating group) is 1. The van der Waals surface area contributed by atoms with Crippen LogP contribution in [0.2, 0.25) is 0 Å². The van der Waals surface area contributed by atoms with Gasteiger partial charge in [-0.3, -0.25) is 48.1 Å². The molecule has 0 aromatic heterocycles. The number of hydrogen-bond donors (Lipinski definition) is 6. The van der Waals surface area contributed by atoms with Crippen LogP contribution in [0.3, 0.4) is 0 Å². The fourth-order valence-electron chi connectivity index (χ4n) is 7.19. The molecule has 1 fully saturated rings. The highest BCUT2D eigenvalue weighted by Gasteiger charge is 2.30. The summed E-state index contributed by atoms with van der Waals surface area (Å²) in [4.78, 5) is 78.3. The number of hydrogen-bond acceptors (Lipinski definition) is 12. The number of carbonyl (C=O) groups excluding carboxylic acids is 2. The fraction of sp³-hybridized carbons (Fsp3) is 0.575. The van der Waals surface area contributed by atoms with Crippen molar-refractivity contribution in [3.8, 4) is 16.9 Å². The molecule has 1 unspecified atom stereocenters. The minimum atomic E-state index is -4.63. The van der Waals surface area contributed by atoms with Gasteiger partial charge in [-0.2, -0.15) is 0 Å². The molecule has 6 N–H and O–H groups in total. The van der Waals surface area contributed by atoms with Gasteiger partial charge >= 0.3 is 25.7 Å². The number of aliphatic carboxylic acids is 3. The molecule has 19 heteroatoms. The Kier molecular flexibility index (Phi) is 19.4. The van der Waals surface area contributed by atoms with Crippen molar-refractivity contribution in [3.05, 3.63) is 52.1 Å². The predicted octanol–water partition coefficient (Wildman–Crippen LogP) is 2.27. The molecule has 0 radical (unpaired) electrons. The van der Waals surface area contributed by atoms with Crippen molar-refractivity contribution in [1.29, 1.82) is 0 Å². The molecule has 18 nitrogen and oxygen atoms in total. The zero-order valence-electron chi connectivity index (χ0n) is 35.0. The van der Waals surface area contributed by atoms with E-state index >= 15 is 0 Å². The third-order valence-corrected chi connectivity index (χ3v) is 11.1. The summed E-state index contributed by atoms with van der Waals surface area (Å²) >= 11 is 0. The Labute approximate surface area is 346 Å². The molecule has 2 atom stereocenters. The first-order valence-corrected chi connectivity index (χ1v) is 21.2. The van der Waals surface area contributed by atoms with Crippen LogP contribution < -0.4 is 15.2 Å². The summed E-state index contributed by atoms with van der Waals surface area (Å²) in [7, 11) is -4.63. The molecule has 59 heavy (non-hydrogen) atoms. The first-order chi connectivity index (χ1) is 27.8. The lowest BCUT2D eigenvalue weighted by molar-refractivity contribution is -0.144. The Bertz CT molecular complexity index is 1770. The van der Waals surface area contributed by atoms with Crippen LogP contribution in [-0.4, -0.2) is 167 Å². The highest BCUT2D eigenvalue weighted by atomic mass is 31.2. The summed E-state index contributed by atoms with van der Waals surface area (Å²) in [6.45, 7) is 13.6. The summed E-state index contributed by atoms with van der Waals surface area (Å²) in [6, 6.07) is 6.73. The lowest BCUT2D eigenvalue weighted by Gasteiger charge is -2.35. The third kappa shape index (κ3) is 16.6. The summed E-state index contributed by atoms with van der Waals surface area (Å²) in [5.74, 6) is -4.32. The smallest absolute Gasteiger partial charge is 0.480 e. The van der Waals surface area contributed by atoms with Gasteiger partial charge in [0.2, 0.25) is 11.8 Å². The van der Waals surface area contributed by atoms with E-state index < -0.39 is 56.7 Å². The van der Waals surface area contributed by atoms with Crippen molar-refractivity contribution in [1.82, 2.24) is 30.2 Å². The normalized spacial score (nSPS) is 16.9. The lowest BCUT2D eigenvalue weighted by atomic mass is 9.90. The van der Waals surface area contributed by atoms with Gasteiger partial charge in [-0.1, -0.05) is 24.6 Å². The Hall–Kier alpha value is -4.42. The lowest BCUT2D eigenvalue weighted by Crippen LogP contribution is -2.52. The second-order valence-corrected chi connectivity index (χ2v) is 16.3. The van der Waals surface area contributed by atoms with Gasteiger partial charge in [0, 0.05) is 52.4 Å². The van der Waals surface area contributed by atoms with E-state index in [1.54, 1.807) is 17.9 Å². The minimum absolute atomic E-state index is 0.0131. The number of phosphoric acid groups is 1. The van der Waals surface area contributed by atoms with Crippen molar-refractivity contribution in [2.45, 2.75) is 60.4 Å². The summed E-state index contributed by atoms with van der Waals surface area (Å²) in [5, 5.41) is 33.2. The molecular weight excluding hydrogens is 787 g/mol. The first-order valence-electron chi connectivity index (χ1n) is 19.8. The van der Waals surface area contributed by atoms with Crippen molar-refractivity contribution >= 4 is 37.5 Å². The van der Waals surface area contributed by atoms with Gasteiger partial charge in [0.15, 0.2) is 0 Å². The maximum atomic E-state index is 13.1. The van der Waals surface area contributed by atoms with Gasteiger partial charge in [0.05, 0.1) is 19.7 Å². The third-order valence-electron chi connectivity index (χ3n) is 10.2. The molecule has 0 aliphatic carbocycles. The second-order valence-electron chi connectivity index (χ2n) is 15.0. The van der Waals surface area contributed by atoms with E-state index in [9.17, 15) is 38.5 Å². The zero-order chi connectivity index (χ0) is 43.9. The standard InChI is InChI=1S/C40H61N6O12P/c1-7-43-10-12-44(25-35(47)41-23-37(49)50)14-16-46(17-15-45(13-11-43)26-36(48)42-24-38(51)52)33(40(53)54)9-8-18-57-59(55,56)58-34-22-28(3)32(21-29(34)4)39-30(5)19-27(2)20-31(39)6/h19-22,33H,7-18,23-26H2,1-6H3,(H,41,47)(H,42,48)(H,49,50)(H,51,52)(H,53,54)(H,55,56)/t33-/m1/s1. The van der Waals surface area contributed by atoms with Crippen LogP contribution in [-0.2, 0) is 33.1 Å². The average molecular weight is 849 g/mol. The largest absolute Gasteiger partial charge is 0.527 e. The van der Waals surface area contributed by atoms with Crippen molar-refractivity contribution in [3.63, 3.8) is 0 Å². The van der Waals surface area contributed by atoms with Crippen LogP contribution in [0, 0.1) is 34.6 Å². The number of carboxylic acids is 3. The molecule has 328 valence electrons. The molecule has 0 saturated carbocycles. The second kappa shape index (κ2) is 23.4. The van der Waals surface area contributed by atoms with Crippen LogP contribution in [0.15, 0.2) is 24.3 Å². The van der Waals surface area contributed by atoms with E-state index in [-0.39, 0.29) is 64.5 Å². The molecule has 1 aliphatic rings. The quantitative estimate of drug-likeness (QED) is 0.0878. The molecule has 2 amide bonds. The maximum absolute atomic E-state index is 13.1. The van der Waals surface area contributed by atoms with Crippen LogP contribution >= 0.6 is 7.82 Å². The first kappa shape index (κ1) is 48.9. The van der Waals surface area contributed by atoms with E-state index in [0.717, 1.165) is 33.4 Å². The van der Waals surface area contributed by atoms with Crippen molar-refractivity contribution in [2.24, 2.45) is 0 Å². The minimum Gasteiger partial charge on any atom is -0.480 e. The van der Waals surface area contributed by atoms with Crippen LogP contribution in [0.4, 0.5) is 0 Å². The van der Waals surface area contributed by atoms with Gasteiger partial charge in [0.1, 0.15) is 24.9 Å². The number of nitrogens with one attached hydrogen (secondary N) is 2.